The highest BCUT2D eigenvalue weighted by molar-refractivity contribution is 9.11. The molecule has 0 radical (unpaired) electrons. The van der Waals surface area contributed by atoms with Crippen molar-refractivity contribution in [3.8, 4) is 0 Å². The summed E-state index contributed by atoms with van der Waals surface area (Å²) in [5, 5.41) is 8.77. The van der Waals surface area contributed by atoms with E-state index in [1.165, 1.54) is 27.3 Å². The smallest absolute Gasteiger partial charge is 0.147 e. The molecule has 0 amide bonds. The van der Waals surface area contributed by atoms with E-state index in [1.807, 2.05) is 11.3 Å². The molecule has 6 heteroatoms. The zero-order chi connectivity index (χ0) is 12.8. The van der Waals surface area contributed by atoms with Gasteiger partial charge in [0.15, 0.2) is 0 Å². The minimum absolute atomic E-state index is 0.695. The molecule has 19 heavy (non-hydrogen) atoms. The van der Waals surface area contributed by atoms with Gasteiger partial charge in [0.2, 0.25) is 0 Å². The molecule has 1 fully saturated rings. The van der Waals surface area contributed by atoms with Crippen molar-refractivity contribution in [1.82, 2.24) is 19.7 Å². The van der Waals surface area contributed by atoms with E-state index in [9.17, 15) is 0 Å². The zero-order valence-electron chi connectivity index (χ0n) is 10.5. The van der Waals surface area contributed by atoms with E-state index in [0.717, 1.165) is 32.0 Å². The molecule has 1 aliphatic carbocycles. The van der Waals surface area contributed by atoms with Gasteiger partial charge in [-0.3, -0.25) is 4.90 Å². The standard InChI is InChI=1S/C13H15BrN4S/c14-11-4-3-10(19-11)7-17-5-6-18-12(8-17)15-16-13(18)9-1-2-9/h3-4,9H,1-2,5-8H2. The van der Waals surface area contributed by atoms with Gasteiger partial charge >= 0.3 is 0 Å². The second-order valence-electron chi connectivity index (χ2n) is 5.32. The van der Waals surface area contributed by atoms with E-state index in [1.54, 1.807) is 0 Å². The molecule has 1 aliphatic heterocycles. The summed E-state index contributed by atoms with van der Waals surface area (Å²) >= 11 is 5.34. The van der Waals surface area contributed by atoms with E-state index in [2.05, 4.69) is 47.7 Å². The van der Waals surface area contributed by atoms with E-state index >= 15 is 0 Å². The summed E-state index contributed by atoms with van der Waals surface area (Å²) in [4.78, 5) is 3.86. The van der Waals surface area contributed by atoms with Crippen molar-refractivity contribution < 1.29 is 0 Å². The van der Waals surface area contributed by atoms with Crippen LogP contribution in [0.5, 0.6) is 0 Å². The summed E-state index contributed by atoms with van der Waals surface area (Å²) in [6, 6.07) is 4.32. The Morgan fingerprint density at radius 3 is 2.89 bits per heavy atom. The monoisotopic (exact) mass is 338 g/mol. The molecule has 0 N–H and O–H groups in total. The Labute approximate surface area is 124 Å². The summed E-state index contributed by atoms with van der Waals surface area (Å²) in [6.07, 6.45) is 2.59. The molecular formula is C13H15BrN4S. The normalized spacial score (nSPS) is 19.6. The molecule has 0 saturated heterocycles. The van der Waals surface area contributed by atoms with E-state index in [-0.39, 0.29) is 0 Å². The van der Waals surface area contributed by atoms with Gasteiger partial charge in [0.25, 0.3) is 0 Å². The Morgan fingerprint density at radius 1 is 1.26 bits per heavy atom. The maximum absolute atomic E-state index is 4.39. The average molecular weight is 339 g/mol. The SMILES string of the molecule is Brc1ccc(CN2CCn3c(nnc3C3CC3)C2)s1. The van der Waals surface area contributed by atoms with Gasteiger partial charge < -0.3 is 4.57 Å². The first kappa shape index (κ1) is 12.1. The van der Waals surface area contributed by atoms with Crippen LogP contribution in [0.4, 0.5) is 0 Å². The lowest BCUT2D eigenvalue weighted by Crippen LogP contribution is -2.33. The van der Waals surface area contributed by atoms with Crippen molar-refractivity contribution >= 4 is 27.3 Å². The van der Waals surface area contributed by atoms with Crippen molar-refractivity contribution in [3.05, 3.63) is 32.4 Å². The van der Waals surface area contributed by atoms with Crippen LogP contribution in [0.3, 0.4) is 0 Å². The number of fused-ring (bicyclic) bond motifs is 1. The van der Waals surface area contributed by atoms with Gasteiger partial charge in [0.05, 0.1) is 10.3 Å². The van der Waals surface area contributed by atoms with Gasteiger partial charge in [-0.05, 0) is 40.9 Å². The molecule has 0 unspecified atom stereocenters. The minimum atomic E-state index is 0.695. The van der Waals surface area contributed by atoms with Crippen LogP contribution in [0.2, 0.25) is 0 Å². The zero-order valence-corrected chi connectivity index (χ0v) is 13.0. The number of nitrogens with zero attached hydrogens (tertiary/aromatic N) is 4. The van der Waals surface area contributed by atoms with Crippen LogP contribution in [0.15, 0.2) is 15.9 Å². The van der Waals surface area contributed by atoms with Gasteiger partial charge in [0, 0.05) is 30.4 Å². The van der Waals surface area contributed by atoms with Gasteiger partial charge in [0.1, 0.15) is 11.6 Å². The molecule has 1 saturated carbocycles. The van der Waals surface area contributed by atoms with Gasteiger partial charge in [-0.15, -0.1) is 21.5 Å². The number of hydrogen-bond donors (Lipinski definition) is 0. The first-order valence-corrected chi connectivity index (χ1v) is 8.29. The summed E-state index contributed by atoms with van der Waals surface area (Å²) in [5.74, 6) is 3.07. The van der Waals surface area contributed by atoms with Crippen LogP contribution < -0.4 is 0 Å². The van der Waals surface area contributed by atoms with Crippen molar-refractivity contribution in [3.63, 3.8) is 0 Å². The molecule has 4 nitrogen and oxygen atoms in total. The second-order valence-corrected chi connectivity index (χ2v) is 7.86. The Bertz CT molecular complexity index is 602. The molecule has 0 aromatic carbocycles. The van der Waals surface area contributed by atoms with E-state index in [4.69, 9.17) is 0 Å². The number of rotatable bonds is 3. The van der Waals surface area contributed by atoms with Crippen LogP contribution >= 0.6 is 27.3 Å². The quantitative estimate of drug-likeness (QED) is 0.862. The fraction of sp³-hybridized carbons (Fsp3) is 0.538. The summed E-state index contributed by atoms with van der Waals surface area (Å²) in [5.41, 5.74) is 0. The van der Waals surface area contributed by atoms with Crippen LogP contribution in [-0.2, 0) is 19.6 Å². The molecule has 2 aromatic rings. The lowest BCUT2D eigenvalue weighted by molar-refractivity contribution is 0.209. The van der Waals surface area contributed by atoms with E-state index < -0.39 is 0 Å². The number of thiophene rings is 1. The van der Waals surface area contributed by atoms with Crippen LogP contribution in [-0.4, -0.2) is 26.2 Å². The van der Waals surface area contributed by atoms with Gasteiger partial charge in [-0.25, -0.2) is 0 Å². The van der Waals surface area contributed by atoms with Crippen molar-refractivity contribution in [2.75, 3.05) is 6.54 Å². The van der Waals surface area contributed by atoms with Gasteiger partial charge in [-0.2, -0.15) is 0 Å². The molecule has 100 valence electrons. The highest BCUT2D eigenvalue weighted by Crippen LogP contribution is 2.39. The van der Waals surface area contributed by atoms with Gasteiger partial charge in [-0.1, -0.05) is 0 Å². The third-order valence-electron chi connectivity index (χ3n) is 3.81. The van der Waals surface area contributed by atoms with Crippen LogP contribution in [0, 0.1) is 0 Å². The molecule has 2 aliphatic rings. The molecule has 0 atom stereocenters. The van der Waals surface area contributed by atoms with Crippen molar-refractivity contribution in [1.29, 1.82) is 0 Å². The fourth-order valence-corrected chi connectivity index (χ4v) is 4.19. The third-order valence-corrected chi connectivity index (χ3v) is 5.42. The highest BCUT2D eigenvalue weighted by Gasteiger charge is 2.32. The number of halogens is 1. The largest absolute Gasteiger partial charge is 0.312 e. The number of hydrogen-bond acceptors (Lipinski definition) is 4. The first-order valence-electron chi connectivity index (χ1n) is 6.68. The molecule has 2 aromatic heterocycles. The summed E-state index contributed by atoms with van der Waals surface area (Å²) in [7, 11) is 0. The minimum Gasteiger partial charge on any atom is -0.312 e. The molecular weight excluding hydrogens is 324 g/mol. The Morgan fingerprint density at radius 2 is 2.16 bits per heavy atom. The average Bonchev–Trinajstić information content (AvgIpc) is 3.04. The maximum atomic E-state index is 4.39. The van der Waals surface area contributed by atoms with Crippen LogP contribution in [0.1, 0.15) is 35.3 Å². The third kappa shape index (κ3) is 2.37. The van der Waals surface area contributed by atoms with Crippen molar-refractivity contribution in [2.45, 2.75) is 38.4 Å². The highest BCUT2D eigenvalue weighted by atomic mass is 79.9. The summed E-state index contributed by atoms with van der Waals surface area (Å²) < 4.78 is 3.55. The Hall–Kier alpha value is -0.720. The Balaban J connectivity index is 1.49. The predicted molar refractivity (Wildman–Crippen MR) is 78.1 cm³/mol. The lowest BCUT2D eigenvalue weighted by Gasteiger charge is -2.27. The molecule has 0 bridgehead atoms. The predicted octanol–water partition coefficient (Wildman–Crippen LogP) is 3.00. The lowest BCUT2D eigenvalue weighted by atomic mass is 10.3. The molecule has 4 rings (SSSR count). The fourth-order valence-electron chi connectivity index (χ4n) is 2.67. The van der Waals surface area contributed by atoms with Crippen LogP contribution in [0.25, 0.3) is 0 Å². The molecule has 0 spiro atoms. The topological polar surface area (TPSA) is 34.0 Å². The number of aromatic nitrogens is 3. The Kier molecular flexibility index (Phi) is 2.97. The van der Waals surface area contributed by atoms with Crippen molar-refractivity contribution in [2.24, 2.45) is 0 Å². The maximum Gasteiger partial charge on any atom is 0.147 e. The van der Waals surface area contributed by atoms with E-state index in [0.29, 0.717) is 5.92 Å². The second kappa shape index (κ2) is 4.68. The first-order chi connectivity index (χ1) is 9.29. The summed E-state index contributed by atoms with van der Waals surface area (Å²) in [6.45, 7) is 4.08. The molecule has 3 heterocycles.